The van der Waals surface area contributed by atoms with E-state index >= 15 is 0 Å². The van der Waals surface area contributed by atoms with E-state index in [2.05, 4.69) is 29.3 Å². The zero-order valence-corrected chi connectivity index (χ0v) is 12.8. The predicted molar refractivity (Wildman–Crippen MR) is 84.7 cm³/mol. The maximum atomic E-state index is 5.19. The van der Waals surface area contributed by atoms with Gasteiger partial charge in [-0.1, -0.05) is 6.92 Å². The molecule has 0 saturated carbocycles. The summed E-state index contributed by atoms with van der Waals surface area (Å²) >= 11 is 1.75. The van der Waals surface area contributed by atoms with Gasteiger partial charge in [0.25, 0.3) is 0 Å². The lowest BCUT2D eigenvalue weighted by Crippen LogP contribution is -2.32. The van der Waals surface area contributed by atoms with Gasteiger partial charge >= 0.3 is 0 Å². The van der Waals surface area contributed by atoms with Crippen molar-refractivity contribution in [3.63, 3.8) is 0 Å². The summed E-state index contributed by atoms with van der Waals surface area (Å²) < 4.78 is 5.19. The summed E-state index contributed by atoms with van der Waals surface area (Å²) in [5, 5.41) is 3.30. The predicted octanol–water partition coefficient (Wildman–Crippen LogP) is 4.06. The average Bonchev–Trinajstić information content (AvgIpc) is 2.98. The molecule has 3 rings (SSSR count). The number of piperidine rings is 1. The highest BCUT2D eigenvalue weighted by atomic mass is 32.1. The lowest BCUT2D eigenvalue weighted by molar-refractivity contribution is 0.415. The van der Waals surface area contributed by atoms with Crippen LogP contribution in [0.25, 0.3) is 11.3 Å². The van der Waals surface area contributed by atoms with E-state index in [4.69, 9.17) is 9.72 Å². The van der Waals surface area contributed by atoms with Crippen LogP contribution < -0.4 is 9.64 Å². The molecule has 106 valence electrons. The Morgan fingerprint density at radius 1 is 1.20 bits per heavy atom. The van der Waals surface area contributed by atoms with Crippen LogP contribution >= 0.6 is 11.3 Å². The van der Waals surface area contributed by atoms with Crippen molar-refractivity contribution in [2.24, 2.45) is 5.92 Å². The first-order chi connectivity index (χ1) is 9.76. The molecule has 0 amide bonds. The Morgan fingerprint density at radius 2 is 1.90 bits per heavy atom. The highest BCUT2D eigenvalue weighted by molar-refractivity contribution is 7.14. The van der Waals surface area contributed by atoms with Gasteiger partial charge in [0.05, 0.1) is 12.8 Å². The molecule has 0 spiro atoms. The summed E-state index contributed by atoms with van der Waals surface area (Å²) in [6, 6.07) is 8.10. The van der Waals surface area contributed by atoms with Crippen molar-refractivity contribution >= 4 is 16.5 Å². The van der Waals surface area contributed by atoms with Crippen LogP contribution in [-0.4, -0.2) is 25.2 Å². The number of anilines is 1. The minimum Gasteiger partial charge on any atom is -0.497 e. The topological polar surface area (TPSA) is 25.4 Å². The molecule has 4 heteroatoms. The quantitative estimate of drug-likeness (QED) is 0.852. The highest BCUT2D eigenvalue weighted by Gasteiger charge is 2.18. The third-order valence-electron chi connectivity index (χ3n) is 3.93. The van der Waals surface area contributed by atoms with E-state index in [1.54, 1.807) is 18.4 Å². The summed E-state index contributed by atoms with van der Waals surface area (Å²) in [4.78, 5) is 7.20. The molecule has 1 aromatic carbocycles. The van der Waals surface area contributed by atoms with E-state index in [0.29, 0.717) is 0 Å². The van der Waals surface area contributed by atoms with Gasteiger partial charge in [-0.2, -0.15) is 0 Å². The summed E-state index contributed by atoms with van der Waals surface area (Å²) in [6.07, 6.45) is 2.55. The Morgan fingerprint density at radius 3 is 2.55 bits per heavy atom. The number of methoxy groups -OCH3 is 1. The zero-order chi connectivity index (χ0) is 13.9. The molecule has 2 aromatic rings. The van der Waals surface area contributed by atoms with E-state index in [1.807, 2.05) is 12.1 Å². The molecule has 1 fully saturated rings. The number of nitrogens with zero attached hydrogens (tertiary/aromatic N) is 2. The maximum absolute atomic E-state index is 5.19. The lowest BCUT2D eigenvalue weighted by Gasteiger charge is -2.29. The largest absolute Gasteiger partial charge is 0.497 e. The summed E-state index contributed by atoms with van der Waals surface area (Å²) in [5.74, 6) is 1.74. The van der Waals surface area contributed by atoms with Gasteiger partial charge < -0.3 is 9.64 Å². The van der Waals surface area contributed by atoms with Crippen molar-refractivity contribution in [3.05, 3.63) is 29.6 Å². The zero-order valence-electron chi connectivity index (χ0n) is 12.0. The van der Waals surface area contributed by atoms with Crippen LogP contribution in [0, 0.1) is 5.92 Å². The molecule has 0 unspecified atom stereocenters. The van der Waals surface area contributed by atoms with E-state index in [9.17, 15) is 0 Å². The summed E-state index contributed by atoms with van der Waals surface area (Å²) in [5.41, 5.74) is 2.21. The molecule has 0 N–H and O–H groups in total. The number of ether oxygens (including phenoxy) is 1. The van der Waals surface area contributed by atoms with Gasteiger partial charge in [-0.25, -0.2) is 4.98 Å². The normalized spacial score (nSPS) is 16.4. The fraction of sp³-hybridized carbons (Fsp3) is 0.438. The Kier molecular flexibility index (Phi) is 3.92. The maximum Gasteiger partial charge on any atom is 0.185 e. The molecule has 1 aromatic heterocycles. The van der Waals surface area contributed by atoms with Crippen molar-refractivity contribution in [1.29, 1.82) is 0 Å². The first kappa shape index (κ1) is 13.4. The number of rotatable bonds is 3. The van der Waals surface area contributed by atoms with Crippen LogP contribution in [0.3, 0.4) is 0 Å². The van der Waals surface area contributed by atoms with Gasteiger partial charge in [0.15, 0.2) is 5.13 Å². The minimum atomic E-state index is 0.854. The second kappa shape index (κ2) is 5.83. The molecule has 20 heavy (non-hydrogen) atoms. The monoisotopic (exact) mass is 288 g/mol. The lowest BCUT2D eigenvalue weighted by atomic mass is 10.00. The third-order valence-corrected chi connectivity index (χ3v) is 4.83. The molecular formula is C16H20N2OS. The van der Waals surface area contributed by atoms with E-state index in [0.717, 1.165) is 41.1 Å². The number of hydrogen-bond acceptors (Lipinski definition) is 4. The van der Waals surface area contributed by atoms with Gasteiger partial charge in [-0.3, -0.25) is 0 Å². The van der Waals surface area contributed by atoms with Crippen molar-refractivity contribution in [2.45, 2.75) is 19.8 Å². The summed E-state index contributed by atoms with van der Waals surface area (Å²) in [6.45, 7) is 4.61. The van der Waals surface area contributed by atoms with Gasteiger partial charge in [0.1, 0.15) is 5.75 Å². The van der Waals surface area contributed by atoms with E-state index < -0.39 is 0 Å². The van der Waals surface area contributed by atoms with Crippen molar-refractivity contribution in [3.8, 4) is 17.0 Å². The van der Waals surface area contributed by atoms with Crippen LogP contribution in [0.2, 0.25) is 0 Å². The van der Waals surface area contributed by atoms with Crippen LogP contribution in [-0.2, 0) is 0 Å². The first-order valence-electron chi connectivity index (χ1n) is 7.11. The number of aromatic nitrogens is 1. The van der Waals surface area contributed by atoms with E-state index in [1.165, 1.54) is 12.8 Å². The van der Waals surface area contributed by atoms with Crippen LogP contribution in [0.4, 0.5) is 5.13 Å². The molecular weight excluding hydrogens is 268 g/mol. The van der Waals surface area contributed by atoms with Crippen molar-refractivity contribution in [2.75, 3.05) is 25.1 Å². The fourth-order valence-corrected chi connectivity index (χ4v) is 3.39. The molecule has 1 aliphatic heterocycles. The molecule has 1 aliphatic rings. The van der Waals surface area contributed by atoms with Gasteiger partial charge in [0, 0.05) is 24.0 Å². The van der Waals surface area contributed by atoms with Crippen molar-refractivity contribution < 1.29 is 4.74 Å². The van der Waals surface area contributed by atoms with Gasteiger partial charge in [-0.05, 0) is 43.0 Å². The Balaban J connectivity index is 1.75. The van der Waals surface area contributed by atoms with Gasteiger partial charge in [0.2, 0.25) is 0 Å². The molecule has 3 nitrogen and oxygen atoms in total. The molecule has 1 saturated heterocycles. The SMILES string of the molecule is COc1ccc(-c2csc(N3CCC(C)CC3)n2)cc1. The number of thiazole rings is 1. The highest BCUT2D eigenvalue weighted by Crippen LogP contribution is 2.30. The van der Waals surface area contributed by atoms with Crippen LogP contribution in [0.15, 0.2) is 29.6 Å². The van der Waals surface area contributed by atoms with E-state index in [-0.39, 0.29) is 0 Å². The Labute approximate surface area is 124 Å². The Bertz CT molecular complexity index is 556. The summed E-state index contributed by atoms with van der Waals surface area (Å²) in [7, 11) is 1.69. The third kappa shape index (κ3) is 2.80. The second-order valence-electron chi connectivity index (χ2n) is 5.41. The number of benzene rings is 1. The van der Waals surface area contributed by atoms with Crippen molar-refractivity contribution in [1.82, 2.24) is 4.98 Å². The Hall–Kier alpha value is -1.55. The second-order valence-corrected chi connectivity index (χ2v) is 6.25. The smallest absolute Gasteiger partial charge is 0.185 e. The first-order valence-corrected chi connectivity index (χ1v) is 7.99. The molecule has 0 aliphatic carbocycles. The number of hydrogen-bond donors (Lipinski definition) is 0. The van der Waals surface area contributed by atoms with Crippen LogP contribution in [0.5, 0.6) is 5.75 Å². The molecule has 0 radical (unpaired) electrons. The molecule has 0 bridgehead atoms. The fourth-order valence-electron chi connectivity index (χ4n) is 2.50. The van der Waals surface area contributed by atoms with Gasteiger partial charge in [-0.15, -0.1) is 11.3 Å². The van der Waals surface area contributed by atoms with Crippen LogP contribution in [0.1, 0.15) is 19.8 Å². The molecule has 0 atom stereocenters. The minimum absolute atomic E-state index is 0.854. The average molecular weight is 288 g/mol. The standard InChI is InChI=1S/C16H20N2OS/c1-12-7-9-18(10-8-12)16-17-15(11-20-16)13-3-5-14(19-2)6-4-13/h3-6,11-12H,7-10H2,1-2H3. The molecule has 2 heterocycles.